The van der Waals surface area contributed by atoms with Crippen LogP contribution in [0.4, 0.5) is 0 Å². The Morgan fingerprint density at radius 2 is 1.93 bits per heavy atom. The molecule has 1 aromatic carbocycles. The monoisotopic (exact) mass is 223 g/mol. The van der Waals surface area contributed by atoms with Crippen LogP contribution < -0.4 is 11.5 Å². The summed E-state index contributed by atoms with van der Waals surface area (Å²) < 4.78 is 0. The van der Waals surface area contributed by atoms with E-state index in [1.54, 1.807) is 24.3 Å². The summed E-state index contributed by atoms with van der Waals surface area (Å²) in [7, 11) is 0. The highest BCUT2D eigenvalue weighted by atomic mass is 32.1. The van der Waals surface area contributed by atoms with Crippen LogP contribution in [0.15, 0.2) is 30.3 Å². The van der Waals surface area contributed by atoms with Gasteiger partial charge in [0.1, 0.15) is 0 Å². The number of hydrogen-bond donors (Lipinski definition) is 2. The van der Waals surface area contributed by atoms with Crippen LogP contribution in [0.1, 0.15) is 10.4 Å². The number of nitrogens with two attached hydrogens (primary N) is 2. The number of hydrogen-bond acceptors (Lipinski definition) is 3. The summed E-state index contributed by atoms with van der Waals surface area (Å²) in [5, 5.41) is 0.0503. The molecule has 4 nitrogen and oxygen atoms in total. The van der Waals surface area contributed by atoms with Crippen molar-refractivity contribution in [3.8, 4) is 0 Å². The maximum absolute atomic E-state index is 11.9. The number of carbonyl (C=O) groups is 1. The summed E-state index contributed by atoms with van der Waals surface area (Å²) in [6.07, 6.45) is 0. The second kappa shape index (κ2) is 5.43. The molecule has 0 aliphatic rings. The molecule has 0 atom stereocenters. The Bertz CT molecular complexity index is 353. The molecule has 5 heteroatoms. The lowest BCUT2D eigenvalue weighted by atomic mass is 10.2. The van der Waals surface area contributed by atoms with Crippen molar-refractivity contribution < 1.29 is 4.79 Å². The first kappa shape index (κ1) is 11.6. The van der Waals surface area contributed by atoms with Crippen LogP contribution in [0.3, 0.4) is 0 Å². The highest BCUT2D eigenvalue weighted by molar-refractivity contribution is 7.80. The van der Waals surface area contributed by atoms with Gasteiger partial charge in [0, 0.05) is 18.7 Å². The molecule has 0 saturated carbocycles. The first-order valence-electron chi connectivity index (χ1n) is 4.53. The van der Waals surface area contributed by atoms with Gasteiger partial charge in [-0.3, -0.25) is 9.69 Å². The minimum atomic E-state index is -0.214. The maximum atomic E-state index is 11.9. The molecule has 1 rings (SSSR count). The quantitative estimate of drug-likeness (QED) is 0.724. The normalized spacial score (nSPS) is 9.67. The average Bonchev–Trinajstić information content (AvgIpc) is 2.26. The van der Waals surface area contributed by atoms with Crippen LogP contribution in [0.2, 0.25) is 0 Å². The highest BCUT2D eigenvalue weighted by Crippen LogP contribution is 2.03. The molecule has 4 N–H and O–H groups in total. The molecular weight excluding hydrogens is 210 g/mol. The number of carbonyl (C=O) groups excluding carboxylic acids is 1. The van der Waals surface area contributed by atoms with Crippen LogP contribution in [-0.2, 0) is 0 Å². The van der Waals surface area contributed by atoms with E-state index in [9.17, 15) is 4.79 Å². The van der Waals surface area contributed by atoms with Gasteiger partial charge in [0.15, 0.2) is 5.11 Å². The average molecular weight is 223 g/mol. The molecule has 80 valence electrons. The number of nitrogens with zero attached hydrogens (tertiary/aromatic N) is 1. The van der Waals surface area contributed by atoms with Crippen molar-refractivity contribution in [1.82, 2.24) is 4.90 Å². The topological polar surface area (TPSA) is 72.3 Å². The van der Waals surface area contributed by atoms with Gasteiger partial charge in [0.25, 0.3) is 5.91 Å². The summed E-state index contributed by atoms with van der Waals surface area (Å²) in [6, 6.07) is 8.83. The SMILES string of the molecule is NCCN(C(=O)c1ccccc1)C(N)=S. The second-order valence-corrected chi connectivity index (χ2v) is 3.37. The standard InChI is InChI=1S/C10H13N3OS/c11-6-7-13(10(12)15)9(14)8-4-2-1-3-5-8/h1-5H,6-7,11H2,(H2,12,15). The zero-order chi connectivity index (χ0) is 11.3. The first-order valence-corrected chi connectivity index (χ1v) is 4.94. The molecule has 1 aromatic rings. The summed E-state index contributed by atoms with van der Waals surface area (Å²) in [5.41, 5.74) is 11.4. The molecule has 1 amide bonds. The number of rotatable bonds is 3. The van der Waals surface area contributed by atoms with Gasteiger partial charge in [-0.05, 0) is 24.4 Å². The van der Waals surface area contributed by atoms with E-state index < -0.39 is 0 Å². The van der Waals surface area contributed by atoms with Crippen LogP contribution in [0.25, 0.3) is 0 Å². The van der Waals surface area contributed by atoms with Crippen LogP contribution in [0.5, 0.6) is 0 Å². The zero-order valence-electron chi connectivity index (χ0n) is 8.22. The van der Waals surface area contributed by atoms with Gasteiger partial charge in [-0.15, -0.1) is 0 Å². The summed E-state index contributed by atoms with van der Waals surface area (Å²) >= 11 is 4.79. The smallest absolute Gasteiger partial charge is 0.260 e. The Labute approximate surface area is 93.9 Å². The van der Waals surface area contributed by atoms with Gasteiger partial charge in [0.05, 0.1) is 0 Å². The molecule has 0 spiro atoms. The zero-order valence-corrected chi connectivity index (χ0v) is 9.04. The van der Waals surface area contributed by atoms with E-state index in [-0.39, 0.29) is 11.0 Å². The lowest BCUT2D eigenvalue weighted by Gasteiger charge is -2.19. The maximum Gasteiger partial charge on any atom is 0.260 e. The Morgan fingerprint density at radius 1 is 1.33 bits per heavy atom. The highest BCUT2D eigenvalue weighted by Gasteiger charge is 2.16. The predicted octanol–water partition coefficient (Wildman–Crippen LogP) is 0.331. The summed E-state index contributed by atoms with van der Waals surface area (Å²) in [4.78, 5) is 13.2. The first-order chi connectivity index (χ1) is 7.16. The third kappa shape index (κ3) is 3.00. The second-order valence-electron chi connectivity index (χ2n) is 2.95. The van der Waals surface area contributed by atoms with Crippen molar-refractivity contribution in [2.24, 2.45) is 11.5 Å². The number of thiocarbonyl (C=S) groups is 1. The van der Waals surface area contributed by atoms with Crippen molar-refractivity contribution in [2.45, 2.75) is 0 Å². The third-order valence-corrected chi connectivity index (χ3v) is 2.11. The van der Waals surface area contributed by atoms with Crippen molar-refractivity contribution >= 4 is 23.2 Å². The summed E-state index contributed by atoms with van der Waals surface area (Å²) in [5.74, 6) is -0.214. The third-order valence-electron chi connectivity index (χ3n) is 1.88. The molecule has 0 bridgehead atoms. The van der Waals surface area contributed by atoms with E-state index in [1.165, 1.54) is 4.90 Å². The van der Waals surface area contributed by atoms with Crippen molar-refractivity contribution in [3.63, 3.8) is 0 Å². The largest absolute Gasteiger partial charge is 0.376 e. The van der Waals surface area contributed by atoms with Gasteiger partial charge < -0.3 is 11.5 Å². The number of benzene rings is 1. The molecule has 0 aliphatic carbocycles. The van der Waals surface area contributed by atoms with Crippen LogP contribution in [-0.4, -0.2) is 29.0 Å². The van der Waals surface area contributed by atoms with E-state index >= 15 is 0 Å². The van der Waals surface area contributed by atoms with Gasteiger partial charge in [0.2, 0.25) is 0 Å². The minimum Gasteiger partial charge on any atom is -0.376 e. The van der Waals surface area contributed by atoms with Crippen LogP contribution in [0, 0.1) is 0 Å². The van der Waals surface area contributed by atoms with Gasteiger partial charge in [-0.2, -0.15) is 0 Å². The molecule has 0 unspecified atom stereocenters. The number of amides is 1. The van der Waals surface area contributed by atoms with E-state index in [1.807, 2.05) is 6.07 Å². The molecule has 0 heterocycles. The molecule has 0 saturated heterocycles. The Morgan fingerprint density at radius 3 is 2.40 bits per heavy atom. The fourth-order valence-corrected chi connectivity index (χ4v) is 1.35. The van der Waals surface area contributed by atoms with Gasteiger partial charge in [-0.1, -0.05) is 18.2 Å². The fraction of sp³-hybridized carbons (Fsp3) is 0.200. The Hall–Kier alpha value is -1.46. The predicted molar refractivity (Wildman–Crippen MR) is 63.3 cm³/mol. The Balaban J connectivity index is 2.86. The van der Waals surface area contributed by atoms with E-state index in [0.29, 0.717) is 18.7 Å². The Kier molecular flexibility index (Phi) is 4.20. The molecule has 0 aromatic heterocycles. The summed E-state index contributed by atoms with van der Waals surface area (Å²) in [6.45, 7) is 0.666. The van der Waals surface area contributed by atoms with Crippen LogP contribution >= 0.6 is 12.2 Å². The van der Waals surface area contributed by atoms with Crippen molar-refractivity contribution in [2.75, 3.05) is 13.1 Å². The van der Waals surface area contributed by atoms with E-state index in [0.717, 1.165) is 0 Å². The van der Waals surface area contributed by atoms with Gasteiger partial charge in [-0.25, -0.2) is 0 Å². The lowest BCUT2D eigenvalue weighted by molar-refractivity contribution is 0.0851. The van der Waals surface area contributed by atoms with Crippen molar-refractivity contribution in [3.05, 3.63) is 35.9 Å². The van der Waals surface area contributed by atoms with Gasteiger partial charge >= 0.3 is 0 Å². The molecular formula is C10H13N3OS. The lowest BCUT2D eigenvalue weighted by Crippen LogP contribution is -2.43. The molecule has 0 fully saturated rings. The minimum absolute atomic E-state index is 0.0503. The molecule has 15 heavy (non-hydrogen) atoms. The fourth-order valence-electron chi connectivity index (χ4n) is 1.18. The molecule has 0 aliphatic heterocycles. The van der Waals surface area contributed by atoms with E-state index in [4.69, 9.17) is 23.7 Å². The van der Waals surface area contributed by atoms with E-state index in [2.05, 4.69) is 0 Å². The molecule has 0 radical (unpaired) electrons. The van der Waals surface area contributed by atoms with Crippen molar-refractivity contribution in [1.29, 1.82) is 0 Å².